The second-order valence-electron chi connectivity index (χ2n) is 8.36. The maximum absolute atomic E-state index is 11.3. The predicted octanol–water partition coefficient (Wildman–Crippen LogP) is 4.94. The Balaban J connectivity index is 1.53. The third kappa shape index (κ3) is 6.89. The number of benzene rings is 1. The highest BCUT2D eigenvalue weighted by Gasteiger charge is 2.27. The summed E-state index contributed by atoms with van der Waals surface area (Å²) in [4.78, 5) is 16.0. The molecule has 1 fully saturated rings. The molecule has 0 radical (unpaired) electrons. The topological polar surface area (TPSA) is 91.0 Å². The van der Waals surface area contributed by atoms with Crippen molar-refractivity contribution in [2.45, 2.75) is 84.2 Å². The van der Waals surface area contributed by atoms with Crippen LogP contribution in [0, 0.1) is 6.92 Å². The van der Waals surface area contributed by atoms with Gasteiger partial charge in [-0.25, -0.2) is 9.78 Å². The van der Waals surface area contributed by atoms with E-state index in [-0.39, 0.29) is 18.8 Å². The summed E-state index contributed by atoms with van der Waals surface area (Å²) in [5.41, 5.74) is 2.99. The summed E-state index contributed by atoms with van der Waals surface area (Å²) in [6.45, 7) is 6.93. The fourth-order valence-corrected chi connectivity index (χ4v) is 3.87. The van der Waals surface area contributed by atoms with E-state index in [2.05, 4.69) is 11.9 Å². The summed E-state index contributed by atoms with van der Waals surface area (Å²) in [6, 6.07) is 8.13. The third-order valence-corrected chi connectivity index (χ3v) is 5.71. The van der Waals surface area contributed by atoms with Crippen molar-refractivity contribution in [2.75, 3.05) is 13.2 Å². The van der Waals surface area contributed by atoms with Crippen LogP contribution in [0.5, 0.6) is 0 Å². The van der Waals surface area contributed by atoms with Gasteiger partial charge in [0.15, 0.2) is 6.10 Å². The Morgan fingerprint density at radius 3 is 2.56 bits per heavy atom. The average Bonchev–Trinajstić information content (AvgIpc) is 3.21. The Morgan fingerprint density at radius 1 is 1.19 bits per heavy atom. The molecule has 7 nitrogen and oxygen atoms in total. The van der Waals surface area contributed by atoms with Crippen molar-refractivity contribution < 1.29 is 28.5 Å². The molecule has 0 aliphatic heterocycles. The lowest BCUT2D eigenvalue weighted by molar-refractivity contribution is -0.157. The average molecular weight is 446 g/mol. The first-order chi connectivity index (χ1) is 15.5. The van der Waals surface area contributed by atoms with Gasteiger partial charge in [-0.15, -0.1) is 0 Å². The van der Waals surface area contributed by atoms with Crippen LogP contribution in [0.4, 0.5) is 0 Å². The van der Waals surface area contributed by atoms with E-state index in [1.54, 1.807) is 0 Å². The van der Waals surface area contributed by atoms with Gasteiger partial charge in [0.2, 0.25) is 5.89 Å². The molecule has 3 atom stereocenters. The van der Waals surface area contributed by atoms with Gasteiger partial charge in [-0.05, 0) is 51.2 Å². The van der Waals surface area contributed by atoms with E-state index < -0.39 is 12.1 Å². The molecule has 3 unspecified atom stereocenters. The van der Waals surface area contributed by atoms with Crippen molar-refractivity contribution in [1.82, 2.24) is 4.98 Å². The number of carboxylic acid groups (broad SMARTS) is 1. The number of ether oxygens (including phenoxy) is 3. The lowest BCUT2D eigenvalue weighted by Gasteiger charge is -2.29. The van der Waals surface area contributed by atoms with Crippen LogP contribution in [0.1, 0.15) is 63.0 Å². The van der Waals surface area contributed by atoms with Crippen LogP contribution in [0.3, 0.4) is 0 Å². The van der Waals surface area contributed by atoms with E-state index >= 15 is 0 Å². The van der Waals surface area contributed by atoms with E-state index in [4.69, 9.17) is 18.6 Å². The molecule has 0 spiro atoms. The molecular weight excluding hydrogens is 410 g/mol. The van der Waals surface area contributed by atoms with Crippen molar-refractivity contribution in [3.63, 3.8) is 0 Å². The number of oxazole rings is 1. The zero-order chi connectivity index (χ0) is 22.9. The highest BCUT2D eigenvalue weighted by Crippen LogP contribution is 2.27. The fraction of sp³-hybridized carbons (Fsp3) is 0.600. The fourth-order valence-electron chi connectivity index (χ4n) is 3.87. The smallest absolute Gasteiger partial charge is 0.335 e. The van der Waals surface area contributed by atoms with Gasteiger partial charge in [0, 0.05) is 18.6 Å². The SMILES string of the molecule is CCCOC(COC1CCCC(OCc2nc(-c3ccc(C)cc3)oc2CC)C1)C(=O)O. The number of aliphatic carboxylic acids is 1. The molecule has 32 heavy (non-hydrogen) atoms. The van der Waals surface area contributed by atoms with E-state index in [0.29, 0.717) is 19.1 Å². The second-order valence-corrected chi connectivity index (χ2v) is 8.36. The number of aromatic nitrogens is 1. The van der Waals surface area contributed by atoms with Crippen molar-refractivity contribution in [3.8, 4) is 11.5 Å². The predicted molar refractivity (Wildman–Crippen MR) is 121 cm³/mol. The summed E-state index contributed by atoms with van der Waals surface area (Å²) in [7, 11) is 0. The van der Waals surface area contributed by atoms with Gasteiger partial charge in [0.25, 0.3) is 0 Å². The van der Waals surface area contributed by atoms with Crippen LogP contribution in [0.15, 0.2) is 28.7 Å². The number of carbonyl (C=O) groups is 1. The Morgan fingerprint density at radius 2 is 1.91 bits per heavy atom. The van der Waals surface area contributed by atoms with E-state index in [9.17, 15) is 9.90 Å². The minimum absolute atomic E-state index is 0.0214. The minimum Gasteiger partial charge on any atom is -0.479 e. The van der Waals surface area contributed by atoms with Gasteiger partial charge in [-0.2, -0.15) is 0 Å². The minimum atomic E-state index is -0.982. The maximum atomic E-state index is 11.3. The molecule has 176 valence electrons. The molecule has 2 aromatic rings. The summed E-state index contributed by atoms with van der Waals surface area (Å²) in [5, 5.41) is 9.29. The molecule has 0 saturated heterocycles. The highest BCUT2D eigenvalue weighted by atomic mass is 16.6. The van der Waals surface area contributed by atoms with E-state index in [0.717, 1.165) is 55.5 Å². The molecule has 3 rings (SSSR count). The van der Waals surface area contributed by atoms with Crippen molar-refractivity contribution in [3.05, 3.63) is 41.3 Å². The number of carboxylic acids is 1. The van der Waals surface area contributed by atoms with Gasteiger partial charge < -0.3 is 23.7 Å². The van der Waals surface area contributed by atoms with E-state index in [1.165, 1.54) is 5.56 Å². The summed E-state index contributed by atoms with van der Waals surface area (Å²) >= 11 is 0. The Labute approximate surface area is 190 Å². The number of nitrogens with zero attached hydrogens (tertiary/aromatic N) is 1. The van der Waals surface area contributed by atoms with Crippen LogP contribution >= 0.6 is 0 Å². The lowest BCUT2D eigenvalue weighted by Crippen LogP contribution is -2.34. The first-order valence-corrected chi connectivity index (χ1v) is 11.6. The molecule has 7 heteroatoms. The van der Waals surface area contributed by atoms with Gasteiger partial charge in [-0.1, -0.05) is 31.5 Å². The van der Waals surface area contributed by atoms with Crippen LogP contribution in [0.25, 0.3) is 11.5 Å². The van der Waals surface area contributed by atoms with Crippen LogP contribution in [-0.4, -0.2) is 47.6 Å². The first-order valence-electron chi connectivity index (χ1n) is 11.6. The van der Waals surface area contributed by atoms with Gasteiger partial charge in [0.05, 0.1) is 25.4 Å². The largest absolute Gasteiger partial charge is 0.479 e. The number of hydrogen-bond donors (Lipinski definition) is 1. The zero-order valence-electron chi connectivity index (χ0n) is 19.3. The van der Waals surface area contributed by atoms with Gasteiger partial charge in [-0.3, -0.25) is 0 Å². The van der Waals surface area contributed by atoms with Gasteiger partial charge >= 0.3 is 5.97 Å². The van der Waals surface area contributed by atoms with Crippen LogP contribution < -0.4 is 0 Å². The normalized spacial score (nSPS) is 19.7. The summed E-state index contributed by atoms with van der Waals surface area (Å²) in [5.74, 6) is 0.489. The van der Waals surface area contributed by atoms with E-state index in [1.807, 2.05) is 38.1 Å². The molecule has 1 aromatic heterocycles. The number of aryl methyl sites for hydroxylation is 2. The quantitative estimate of drug-likeness (QED) is 0.495. The Bertz CT molecular complexity index is 847. The molecule has 0 amide bonds. The second kappa shape index (κ2) is 12.1. The number of hydrogen-bond acceptors (Lipinski definition) is 6. The Hall–Kier alpha value is -2.22. The first kappa shape index (κ1) is 24.4. The molecule has 1 N–H and O–H groups in total. The molecule has 1 heterocycles. The standard InChI is InChI=1S/C25H35NO6/c1-4-13-29-23(25(27)28)16-31-20-8-6-7-19(14-20)30-15-21-22(5-2)32-24(26-21)18-11-9-17(3)10-12-18/h9-12,19-20,23H,4-8,13-16H2,1-3H3,(H,27,28). The highest BCUT2D eigenvalue weighted by molar-refractivity contribution is 5.72. The third-order valence-electron chi connectivity index (χ3n) is 5.71. The number of rotatable bonds is 12. The molecule has 1 aliphatic rings. The molecular formula is C25H35NO6. The van der Waals surface area contributed by atoms with Crippen molar-refractivity contribution in [2.24, 2.45) is 0 Å². The van der Waals surface area contributed by atoms with Crippen molar-refractivity contribution >= 4 is 5.97 Å². The molecule has 1 aromatic carbocycles. The van der Waals surface area contributed by atoms with Crippen molar-refractivity contribution in [1.29, 1.82) is 0 Å². The van der Waals surface area contributed by atoms with Gasteiger partial charge in [0.1, 0.15) is 11.5 Å². The zero-order valence-corrected chi connectivity index (χ0v) is 19.3. The van der Waals surface area contributed by atoms with Crippen LogP contribution in [0.2, 0.25) is 0 Å². The van der Waals surface area contributed by atoms with Crippen LogP contribution in [-0.2, 0) is 32.0 Å². The molecule has 1 aliphatic carbocycles. The lowest BCUT2D eigenvalue weighted by atomic mass is 9.95. The molecule has 0 bridgehead atoms. The maximum Gasteiger partial charge on any atom is 0.335 e. The molecule has 1 saturated carbocycles. The Kier molecular flexibility index (Phi) is 9.26. The summed E-state index contributed by atoms with van der Waals surface area (Å²) in [6.07, 6.45) is 4.23. The summed E-state index contributed by atoms with van der Waals surface area (Å²) < 4.78 is 23.4. The monoisotopic (exact) mass is 445 g/mol.